The second-order valence-corrected chi connectivity index (χ2v) is 4.92. The number of hydrogen-bond acceptors (Lipinski definition) is 1. The Kier molecular flexibility index (Phi) is 9.28. The quantitative estimate of drug-likeness (QED) is 0.596. The zero-order valence-electron chi connectivity index (χ0n) is 9.81. The van der Waals surface area contributed by atoms with Crippen LogP contribution in [-0.4, -0.2) is 13.7 Å². The summed E-state index contributed by atoms with van der Waals surface area (Å²) in [5.41, 5.74) is 1.92. The summed E-state index contributed by atoms with van der Waals surface area (Å²) in [5, 5.41) is 0. The molecule has 0 amide bonds. The maximum atomic E-state index is 4.98. The number of ether oxygens (including phenoxy) is 1. The first-order chi connectivity index (χ1) is 5.95. The smallest absolute Gasteiger partial charge is 0.0646 e. The summed E-state index contributed by atoms with van der Waals surface area (Å²) < 4.78 is 4.98. The van der Waals surface area contributed by atoms with Gasteiger partial charge in [0.2, 0.25) is 0 Å². The Bertz CT molecular complexity index is 151. The zero-order chi connectivity index (χ0) is 10.3. The van der Waals surface area contributed by atoms with E-state index in [0.717, 1.165) is 6.61 Å². The van der Waals surface area contributed by atoms with Crippen molar-refractivity contribution in [3.05, 3.63) is 11.6 Å². The zero-order valence-corrected chi connectivity index (χ0v) is 9.81. The van der Waals surface area contributed by atoms with Crippen LogP contribution in [0, 0.1) is 5.41 Å². The highest BCUT2D eigenvalue weighted by atomic mass is 16.5. The molecular weight excluding hydrogens is 172 g/mol. The Morgan fingerprint density at radius 3 is 2.29 bits per heavy atom. The summed E-state index contributed by atoms with van der Waals surface area (Å²) in [6.07, 6.45) is 5.96. The van der Waals surface area contributed by atoms with Gasteiger partial charge >= 0.3 is 0 Å². The van der Waals surface area contributed by atoms with Gasteiger partial charge in [-0.15, -0.1) is 0 Å². The molecule has 0 fully saturated rings. The van der Waals surface area contributed by atoms with Gasteiger partial charge in [0.25, 0.3) is 0 Å². The Morgan fingerprint density at radius 2 is 1.86 bits per heavy atom. The van der Waals surface area contributed by atoms with Gasteiger partial charge in [0.1, 0.15) is 0 Å². The molecule has 0 saturated heterocycles. The second-order valence-electron chi connectivity index (χ2n) is 4.92. The monoisotopic (exact) mass is 200 g/mol. The van der Waals surface area contributed by atoms with Crippen LogP contribution in [0.2, 0.25) is 0 Å². The Morgan fingerprint density at radius 1 is 1.29 bits per heavy atom. The number of rotatable bonds is 5. The van der Waals surface area contributed by atoms with Crippen LogP contribution in [0.15, 0.2) is 11.6 Å². The minimum atomic E-state index is 0. The molecule has 86 valence electrons. The van der Waals surface area contributed by atoms with Crippen molar-refractivity contribution >= 4 is 0 Å². The lowest BCUT2D eigenvalue weighted by Crippen LogP contribution is -2.04. The molecule has 0 bridgehead atoms. The van der Waals surface area contributed by atoms with Gasteiger partial charge in [-0.05, 0) is 31.6 Å². The molecule has 0 heterocycles. The van der Waals surface area contributed by atoms with Gasteiger partial charge in [-0.1, -0.05) is 39.8 Å². The molecule has 0 aliphatic rings. The first kappa shape index (κ1) is 16.1. The predicted molar refractivity (Wildman–Crippen MR) is 65.7 cm³/mol. The van der Waals surface area contributed by atoms with Gasteiger partial charge in [0.05, 0.1) is 6.61 Å². The van der Waals surface area contributed by atoms with Gasteiger partial charge < -0.3 is 4.74 Å². The summed E-state index contributed by atoms with van der Waals surface area (Å²) in [6, 6.07) is 0. The van der Waals surface area contributed by atoms with Crippen molar-refractivity contribution in [3.8, 4) is 0 Å². The lowest BCUT2D eigenvalue weighted by Gasteiger charge is -2.17. The van der Waals surface area contributed by atoms with E-state index in [1.165, 1.54) is 24.8 Å². The average molecular weight is 200 g/mol. The normalized spacial score (nSPS) is 12.5. The Balaban J connectivity index is 0. The van der Waals surface area contributed by atoms with E-state index >= 15 is 0 Å². The second kappa shape index (κ2) is 8.05. The van der Waals surface area contributed by atoms with Crippen molar-refractivity contribution in [2.75, 3.05) is 13.7 Å². The van der Waals surface area contributed by atoms with Crippen LogP contribution >= 0.6 is 0 Å². The van der Waals surface area contributed by atoms with Crippen molar-refractivity contribution in [3.63, 3.8) is 0 Å². The molecule has 0 radical (unpaired) electrons. The SMILES string of the molecule is C.COC/C=C(\C)CCCC(C)(C)C. The lowest BCUT2D eigenvalue weighted by molar-refractivity contribution is 0.233. The summed E-state index contributed by atoms with van der Waals surface area (Å²) in [5.74, 6) is 0. The van der Waals surface area contributed by atoms with E-state index in [9.17, 15) is 0 Å². The molecule has 0 rings (SSSR count). The molecule has 1 heteroatoms. The fourth-order valence-corrected chi connectivity index (χ4v) is 1.23. The minimum Gasteiger partial charge on any atom is -0.381 e. The Labute approximate surface area is 90.5 Å². The topological polar surface area (TPSA) is 9.23 Å². The summed E-state index contributed by atoms with van der Waals surface area (Å²) in [6.45, 7) is 9.81. The van der Waals surface area contributed by atoms with E-state index in [4.69, 9.17) is 4.74 Å². The molecule has 0 saturated carbocycles. The van der Waals surface area contributed by atoms with E-state index < -0.39 is 0 Å². The fraction of sp³-hybridized carbons (Fsp3) is 0.846. The molecule has 0 unspecified atom stereocenters. The maximum absolute atomic E-state index is 4.98. The van der Waals surface area contributed by atoms with E-state index in [0.29, 0.717) is 5.41 Å². The van der Waals surface area contributed by atoms with Crippen molar-refractivity contribution < 1.29 is 4.74 Å². The molecule has 0 spiro atoms. The third kappa shape index (κ3) is 11.7. The molecule has 0 aliphatic carbocycles. The molecule has 0 atom stereocenters. The molecule has 1 nitrogen and oxygen atoms in total. The molecule has 0 aromatic heterocycles. The fourth-order valence-electron chi connectivity index (χ4n) is 1.23. The van der Waals surface area contributed by atoms with Crippen LogP contribution in [0.1, 0.15) is 54.4 Å². The van der Waals surface area contributed by atoms with Gasteiger partial charge in [0, 0.05) is 7.11 Å². The minimum absolute atomic E-state index is 0. The summed E-state index contributed by atoms with van der Waals surface area (Å²) in [7, 11) is 1.74. The van der Waals surface area contributed by atoms with Gasteiger partial charge in [-0.2, -0.15) is 0 Å². The van der Waals surface area contributed by atoms with Gasteiger partial charge in [0.15, 0.2) is 0 Å². The Hall–Kier alpha value is -0.300. The van der Waals surface area contributed by atoms with E-state index in [1.54, 1.807) is 7.11 Å². The third-order valence-corrected chi connectivity index (χ3v) is 2.10. The van der Waals surface area contributed by atoms with Crippen molar-refractivity contribution in [2.45, 2.75) is 54.4 Å². The summed E-state index contributed by atoms with van der Waals surface area (Å²) in [4.78, 5) is 0. The third-order valence-electron chi connectivity index (χ3n) is 2.10. The van der Waals surface area contributed by atoms with Gasteiger partial charge in [-0.25, -0.2) is 0 Å². The standard InChI is InChI=1S/C12H24O.CH4/c1-11(8-10-13-5)7-6-9-12(2,3)4;/h8H,6-7,9-10H2,1-5H3;1H4/b11-8+;. The first-order valence-corrected chi connectivity index (χ1v) is 5.10. The molecule has 0 aliphatic heterocycles. The van der Waals surface area contributed by atoms with Crippen LogP contribution < -0.4 is 0 Å². The van der Waals surface area contributed by atoms with E-state index in [2.05, 4.69) is 33.8 Å². The lowest BCUT2D eigenvalue weighted by atomic mass is 9.89. The van der Waals surface area contributed by atoms with Crippen LogP contribution in [-0.2, 0) is 4.74 Å². The molecule has 0 N–H and O–H groups in total. The van der Waals surface area contributed by atoms with E-state index in [-0.39, 0.29) is 7.43 Å². The molecule has 0 aromatic carbocycles. The summed E-state index contributed by atoms with van der Waals surface area (Å²) >= 11 is 0. The van der Waals surface area contributed by atoms with Crippen molar-refractivity contribution in [2.24, 2.45) is 5.41 Å². The number of allylic oxidation sites excluding steroid dienone is 1. The molecule has 0 aromatic rings. The highest BCUT2D eigenvalue weighted by Crippen LogP contribution is 2.22. The van der Waals surface area contributed by atoms with Gasteiger partial charge in [-0.3, -0.25) is 0 Å². The number of methoxy groups -OCH3 is 1. The average Bonchev–Trinajstić information content (AvgIpc) is 1.98. The van der Waals surface area contributed by atoms with Crippen molar-refractivity contribution in [1.29, 1.82) is 0 Å². The van der Waals surface area contributed by atoms with E-state index in [1.807, 2.05) is 0 Å². The predicted octanol–water partition coefficient (Wildman–Crippen LogP) is 4.43. The van der Waals surface area contributed by atoms with Crippen molar-refractivity contribution in [1.82, 2.24) is 0 Å². The maximum Gasteiger partial charge on any atom is 0.0646 e. The van der Waals surface area contributed by atoms with Crippen LogP contribution in [0.4, 0.5) is 0 Å². The largest absolute Gasteiger partial charge is 0.381 e. The van der Waals surface area contributed by atoms with Crippen LogP contribution in [0.25, 0.3) is 0 Å². The highest BCUT2D eigenvalue weighted by molar-refractivity contribution is 4.97. The molecular formula is C13H28O. The number of hydrogen-bond donors (Lipinski definition) is 0. The van der Waals surface area contributed by atoms with Crippen LogP contribution in [0.3, 0.4) is 0 Å². The molecule has 14 heavy (non-hydrogen) atoms. The first-order valence-electron chi connectivity index (χ1n) is 5.10. The highest BCUT2D eigenvalue weighted by Gasteiger charge is 2.08. The van der Waals surface area contributed by atoms with Crippen LogP contribution in [0.5, 0.6) is 0 Å².